The highest BCUT2D eigenvalue weighted by Crippen LogP contribution is 2.38. The van der Waals surface area contributed by atoms with Gasteiger partial charge in [0.15, 0.2) is 0 Å². The van der Waals surface area contributed by atoms with Crippen LogP contribution in [0.2, 0.25) is 0 Å². The molecule has 0 fully saturated rings. The molecule has 3 unspecified atom stereocenters. The maximum atomic E-state index is 13.0. The second-order valence-electron chi connectivity index (χ2n) is 22.4. The van der Waals surface area contributed by atoms with Gasteiger partial charge in [-0.25, -0.2) is 0 Å². The zero-order chi connectivity index (χ0) is 59.1. The van der Waals surface area contributed by atoms with E-state index in [9.17, 15) is 19.4 Å². The summed E-state index contributed by atoms with van der Waals surface area (Å²) in [5.74, 6) is -0.226. The normalized spacial score (nSPS) is 14.8. The minimum atomic E-state index is -4.63. The SMILES string of the molecule is CC/C=C\C/C=C\C/C=C\C/C=C\C/C=C\C/C=C\C/C=C\C/C=C\C/C=C\C/C=C\CCCCCCCCCCC(=O)NC(COP(=O)([O-])OCC[N+](C)(C)C)C(O)/C=C/CC/C=C/CC/C=C/CCCCCCCCCCCC. The van der Waals surface area contributed by atoms with Crippen molar-refractivity contribution in [3.63, 3.8) is 0 Å². The van der Waals surface area contributed by atoms with Crippen LogP contribution in [0.4, 0.5) is 0 Å². The molecule has 81 heavy (non-hydrogen) atoms. The Morgan fingerprint density at radius 3 is 1.15 bits per heavy atom. The van der Waals surface area contributed by atoms with Crippen molar-refractivity contribution >= 4 is 13.7 Å². The van der Waals surface area contributed by atoms with Gasteiger partial charge in [0.25, 0.3) is 7.82 Å². The Morgan fingerprint density at radius 2 is 0.765 bits per heavy atom. The fourth-order valence-electron chi connectivity index (χ4n) is 8.45. The molecule has 0 aromatic heterocycles. The van der Waals surface area contributed by atoms with Crippen LogP contribution in [0.15, 0.2) is 158 Å². The standard InChI is InChI=1S/C72H121N2O6P/c1-6-8-10-12-14-16-18-20-22-24-26-28-29-30-31-32-33-34-35-36-37-38-39-40-41-42-43-44-45-46-48-50-52-54-56-58-60-62-64-66-72(76)73-70(69-80-81(77,78)79-68-67-74(3,4)5)71(75)65-63-61-59-57-55-53-51-49-47-27-25-23-21-19-17-15-13-11-9-7-2/h8,10,14,16,20,22,26,28,30-31,33-34,36-37,39-40,42-43,45-47,49,55,57,63,65,70-71,75H,6-7,9,11-13,15,17-19,21,23-25,27,29,32,35,38,41,44,48,50-54,56,58-62,64,66-69H2,1-5H3,(H-,73,76,77,78)/b10-8-,16-14-,22-20-,28-26-,31-30-,34-33-,37-36-,40-39-,43-42-,46-45-,49-47+,57-55+,65-63+. The number of hydrogen-bond acceptors (Lipinski definition) is 6. The Kier molecular flexibility index (Phi) is 57.8. The molecular formula is C72H121N2O6P. The molecule has 2 N–H and O–H groups in total. The van der Waals surface area contributed by atoms with Crippen molar-refractivity contribution in [2.75, 3.05) is 40.9 Å². The van der Waals surface area contributed by atoms with Crippen LogP contribution in [0, 0.1) is 0 Å². The summed E-state index contributed by atoms with van der Waals surface area (Å²) in [7, 11) is 1.21. The number of phosphoric ester groups is 1. The van der Waals surface area contributed by atoms with Gasteiger partial charge in [0.05, 0.1) is 39.9 Å². The number of nitrogens with one attached hydrogen (secondary N) is 1. The van der Waals surface area contributed by atoms with E-state index in [-0.39, 0.29) is 12.5 Å². The summed E-state index contributed by atoms with van der Waals surface area (Å²) in [4.78, 5) is 25.6. The first kappa shape index (κ1) is 77.1. The fourth-order valence-corrected chi connectivity index (χ4v) is 9.17. The number of amides is 1. The lowest BCUT2D eigenvalue weighted by Crippen LogP contribution is -2.45. The monoisotopic (exact) mass is 1140 g/mol. The molecule has 8 nitrogen and oxygen atoms in total. The number of rotatable bonds is 57. The molecule has 0 saturated heterocycles. The zero-order valence-corrected chi connectivity index (χ0v) is 53.3. The molecule has 0 rings (SSSR count). The first-order chi connectivity index (χ1) is 39.5. The number of carbonyl (C=O) groups excluding carboxylic acids is 1. The molecule has 0 aliphatic heterocycles. The Hall–Kier alpha value is -3.88. The Labute approximate surface area is 499 Å². The third-order valence-corrected chi connectivity index (χ3v) is 14.4. The van der Waals surface area contributed by atoms with E-state index in [1.165, 1.54) is 96.3 Å². The van der Waals surface area contributed by atoms with Crippen LogP contribution in [0.3, 0.4) is 0 Å². The second kappa shape index (κ2) is 60.7. The molecule has 0 aromatic carbocycles. The van der Waals surface area contributed by atoms with Gasteiger partial charge in [-0.2, -0.15) is 0 Å². The molecule has 0 aliphatic carbocycles. The molecule has 0 aromatic rings. The Balaban J connectivity index is 4.22. The van der Waals surface area contributed by atoms with E-state index in [4.69, 9.17) is 9.05 Å². The number of quaternary nitrogens is 1. The number of carbonyl (C=O) groups is 1. The van der Waals surface area contributed by atoms with E-state index in [1.54, 1.807) is 6.08 Å². The molecule has 0 spiro atoms. The van der Waals surface area contributed by atoms with Crippen molar-refractivity contribution in [1.82, 2.24) is 5.32 Å². The predicted molar refractivity (Wildman–Crippen MR) is 352 cm³/mol. The van der Waals surface area contributed by atoms with Crippen LogP contribution in [0.5, 0.6) is 0 Å². The highest BCUT2D eigenvalue weighted by molar-refractivity contribution is 7.45. The van der Waals surface area contributed by atoms with Crippen LogP contribution in [0.25, 0.3) is 0 Å². The summed E-state index contributed by atoms with van der Waals surface area (Å²) in [6, 6.07) is -0.927. The van der Waals surface area contributed by atoms with Gasteiger partial charge in [-0.1, -0.05) is 268 Å². The largest absolute Gasteiger partial charge is 0.756 e. The average Bonchev–Trinajstić information content (AvgIpc) is 3.43. The van der Waals surface area contributed by atoms with Gasteiger partial charge >= 0.3 is 0 Å². The molecular weight excluding hydrogens is 1020 g/mol. The minimum Gasteiger partial charge on any atom is -0.756 e. The van der Waals surface area contributed by atoms with Crippen molar-refractivity contribution in [2.45, 2.75) is 251 Å². The fraction of sp³-hybridized carbons (Fsp3) is 0.625. The van der Waals surface area contributed by atoms with Crippen LogP contribution in [-0.4, -0.2) is 68.5 Å². The maximum Gasteiger partial charge on any atom is 0.268 e. The summed E-state index contributed by atoms with van der Waals surface area (Å²) in [5, 5.41) is 13.9. The lowest BCUT2D eigenvalue weighted by Gasteiger charge is -2.29. The van der Waals surface area contributed by atoms with Crippen molar-refractivity contribution in [3.05, 3.63) is 158 Å². The minimum absolute atomic E-state index is 0.0187. The summed E-state index contributed by atoms with van der Waals surface area (Å²) in [6.07, 6.45) is 94.8. The van der Waals surface area contributed by atoms with Crippen molar-refractivity contribution in [1.29, 1.82) is 0 Å². The van der Waals surface area contributed by atoms with Crippen molar-refractivity contribution in [3.8, 4) is 0 Å². The molecule has 3 atom stereocenters. The predicted octanol–water partition coefficient (Wildman–Crippen LogP) is 20.0. The van der Waals surface area contributed by atoms with Gasteiger partial charge in [-0.3, -0.25) is 9.36 Å². The number of unbranched alkanes of at least 4 members (excludes halogenated alkanes) is 20. The lowest BCUT2D eigenvalue weighted by molar-refractivity contribution is -0.870. The Morgan fingerprint density at radius 1 is 0.444 bits per heavy atom. The summed E-state index contributed by atoms with van der Waals surface area (Å²) >= 11 is 0. The molecule has 460 valence electrons. The number of nitrogens with zero attached hydrogens (tertiary/aromatic N) is 1. The van der Waals surface area contributed by atoms with Crippen LogP contribution >= 0.6 is 7.82 Å². The van der Waals surface area contributed by atoms with Crippen LogP contribution < -0.4 is 10.2 Å². The quantitative estimate of drug-likeness (QED) is 0.0272. The Bertz CT molecular complexity index is 1870. The van der Waals surface area contributed by atoms with Gasteiger partial charge in [-0.05, 0) is 122 Å². The van der Waals surface area contributed by atoms with Gasteiger partial charge in [0, 0.05) is 6.42 Å². The first-order valence-corrected chi connectivity index (χ1v) is 33.8. The smallest absolute Gasteiger partial charge is 0.268 e. The van der Waals surface area contributed by atoms with E-state index in [1.807, 2.05) is 27.2 Å². The molecule has 0 heterocycles. The van der Waals surface area contributed by atoms with Gasteiger partial charge < -0.3 is 28.8 Å². The third-order valence-electron chi connectivity index (χ3n) is 13.4. The number of allylic oxidation sites excluding steroid dienone is 25. The molecule has 1 amide bonds. The molecule has 9 heteroatoms. The van der Waals surface area contributed by atoms with Crippen molar-refractivity contribution < 1.29 is 32.9 Å². The summed E-state index contributed by atoms with van der Waals surface area (Å²) in [6.45, 7) is 4.49. The number of hydrogen-bond donors (Lipinski definition) is 2. The summed E-state index contributed by atoms with van der Waals surface area (Å²) in [5.41, 5.74) is 0. The van der Waals surface area contributed by atoms with Crippen molar-refractivity contribution in [2.24, 2.45) is 0 Å². The molecule has 0 saturated carbocycles. The lowest BCUT2D eigenvalue weighted by atomic mass is 10.1. The summed E-state index contributed by atoms with van der Waals surface area (Å²) < 4.78 is 23.4. The topological polar surface area (TPSA) is 108 Å². The van der Waals surface area contributed by atoms with Crippen LogP contribution in [0.1, 0.15) is 239 Å². The average molecular weight is 1140 g/mol. The highest BCUT2D eigenvalue weighted by atomic mass is 31.2. The van der Waals surface area contributed by atoms with E-state index in [0.717, 1.165) is 122 Å². The highest BCUT2D eigenvalue weighted by Gasteiger charge is 2.23. The molecule has 0 radical (unpaired) electrons. The van der Waals surface area contributed by atoms with Gasteiger partial charge in [0.1, 0.15) is 13.2 Å². The van der Waals surface area contributed by atoms with Crippen LogP contribution in [-0.2, 0) is 18.4 Å². The van der Waals surface area contributed by atoms with E-state index in [0.29, 0.717) is 17.4 Å². The first-order valence-electron chi connectivity index (χ1n) is 32.3. The third kappa shape index (κ3) is 63.5. The van der Waals surface area contributed by atoms with Gasteiger partial charge in [-0.15, -0.1) is 0 Å². The maximum absolute atomic E-state index is 13.0. The van der Waals surface area contributed by atoms with E-state index < -0.39 is 26.6 Å². The molecule has 0 aliphatic rings. The van der Waals surface area contributed by atoms with E-state index in [2.05, 4.69) is 165 Å². The second-order valence-corrected chi connectivity index (χ2v) is 23.8. The zero-order valence-electron chi connectivity index (χ0n) is 52.4. The number of phosphoric acid groups is 1. The number of aliphatic hydroxyl groups is 1. The van der Waals surface area contributed by atoms with E-state index >= 15 is 0 Å². The number of likely N-dealkylation sites (N-methyl/N-ethyl adjacent to an activating group) is 1. The molecule has 0 bridgehead atoms. The van der Waals surface area contributed by atoms with Gasteiger partial charge in [0.2, 0.25) is 5.91 Å². The number of aliphatic hydroxyl groups excluding tert-OH is 1.